The molecule has 2 heteroatoms. The van der Waals surface area contributed by atoms with Crippen LogP contribution in [0.1, 0.15) is 31.9 Å². The SMILES string of the molecule is Cc1c(C(C)(C)C)csc1F. The Morgan fingerprint density at radius 2 is 1.91 bits per heavy atom. The maximum Gasteiger partial charge on any atom is 0.179 e. The summed E-state index contributed by atoms with van der Waals surface area (Å²) in [5, 5.41) is 1.86. The topological polar surface area (TPSA) is 0 Å². The van der Waals surface area contributed by atoms with Crippen molar-refractivity contribution >= 4 is 11.3 Å². The first-order valence-electron chi connectivity index (χ1n) is 3.67. The highest BCUT2D eigenvalue weighted by molar-refractivity contribution is 7.08. The van der Waals surface area contributed by atoms with Gasteiger partial charge >= 0.3 is 0 Å². The Bertz CT molecular complexity index is 255. The van der Waals surface area contributed by atoms with Gasteiger partial charge in [0, 0.05) is 0 Å². The molecule has 0 aliphatic carbocycles. The van der Waals surface area contributed by atoms with Crippen LogP contribution in [0.15, 0.2) is 5.38 Å². The van der Waals surface area contributed by atoms with E-state index in [2.05, 4.69) is 20.8 Å². The molecular weight excluding hydrogens is 159 g/mol. The third kappa shape index (κ3) is 1.62. The van der Waals surface area contributed by atoms with E-state index in [9.17, 15) is 4.39 Å². The molecule has 0 radical (unpaired) electrons. The third-order valence-corrected chi connectivity index (χ3v) is 2.65. The van der Waals surface area contributed by atoms with Crippen LogP contribution in [0.5, 0.6) is 0 Å². The summed E-state index contributed by atoms with van der Waals surface area (Å²) in [6.45, 7) is 8.14. The van der Waals surface area contributed by atoms with Crippen LogP contribution in [0.3, 0.4) is 0 Å². The van der Waals surface area contributed by atoms with Crippen LogP contribution in [0, 0.1) is 12.1 Å². The van der Waals surface area contributed by atoms with Gasteiger partial charge in [0.25, 0.3) is 0 Å². The molecule has 0 unspecified atom stereocenters. The van der Waals surface area contributed by atoms with E-state index in [-0.39, 0.29) is 10.5 Å². The summed E-state index contributed by atoms with van der Waals surface area (Å²) in [5.74, 6) is 0. The second-order valence-corrected chi connectivity index (χ2v) is 4.63. The molecule has 0 spiro atoms. The molecule has 0 amide bonds. The number of thiophene rings is 1. The summed E-state index contributed by atoms with van der Waals surface area (Å²) in [7, 11) is 0. The highest BCUT2D eigenvalue weighted by Gasteiger charge is 2.19. The molecule has 0 aromatic carbocycles. The van der Waals surface area contributed by atoms with Crippen molar-refractivity contribution in [1.29, 1.82) is 0 Å². The molecule has 0 aliphatic heterocycles. The van der Waals surface area contributed by atoms with Gasteiger partial charge in [0.15, 0.2) is 5.13 Å². The van der Waals surface area contributed by atoms with Crippen LogP contribution >= 0.6 is 11.3 Å². The smallest absolute Gasteiger partial charge is 0.179 e. The predicted molar refractivity (Wildman–Crippen MR) is 47.7 cm³/mol. The van der Waals surface area contributed by atoms with Crippen LogP contribution in [0.4, 0.5) is 4.39 Å². The van der Waals surface area contributed by atoms with Crippen LogP contribution in [-0.2, 0) is 5.41 Å². The molecule has 0 saturated heterocycles. The van der Waals surface area contributed by atoms with E-state index < -0.39 is 0 Å². The highest BCUT2D eigenvalue weighted by atomic mass is 32.1. The van der Waals surface area contributed by atoms with Gasteiger partial charge in [0.1, 0.15) is 0 Å². The van der Waals surface area contributed by atoms with Crippen LogP contribution in [0.25, 0.3) is 0 Å². The molecular formula is C9H13FS. The largest absolute Gasteiger partial charge is 0.195 e. The van der Waals surface area contributed by atoms with Gasteiger partial charge in [-0.3, -0.25) is 0 Å². The molecule has 1 heterocycles. The van der Waals surface area contributed by atoms with Gasteiger partial charge in [0.05, 0.1) is 0 Å². The zero-order chi connectivity index (χ0) is 8.65. The standard InChI is InChI=1S/C9H13FS/c1-6-7(9(2,3)4)5-11-8(6)10/h5H,1-4H3. The number of hydrogen-bond acceptors (Lipinski definition) is 1. The van der Waals surface area contributed by atoms with E-state index in [0.29, 0.717) is 0 Å². The molecule has 1 rings (SSSR count). The quantitative estimate of drug-likeness (QED) is 0.562. The second-order valence-electron chi connectivity index (χ2n) is 3.80. The molecule has 1 aromatic heterocycles. The fourth-order valence-corrected chi connectivity index (χ4v) is 2.17. The predicted octanol–water partition coefficient (Wildman–Crippen LogP) is 3.49. The Labute approximate surface area is 71.1 Å². The van der Waals surface area contributed by atoms with Gasteiger partial charge in [-0.25, -0.2) is 0 Å². The Balaban J connectivity index is 3.15. The average Bonchev–Trinajstić information content (AvgIpc) is 2.11. The lowest BCUT2D eigenvalue weighted by atomic mass is 9.87. The van der Waals surface area contributed by atoms with Gasteiger partial charge in [-0.15, -0.1) is 11.3 Å². The molecule has 0 aliphatic rings. The van der Waals surface area contributed by atoms with Gasteiger partial charge in [-0.2, -0.15) is 4.39 Å². The fraction of sp³-hybridized carbons (Fsp3) is 0.556. The number of hydrogen-bond donors (Lipinski definition) is 0. The Kier molecular flexibility index (Phi) is 2.06. The van der Waals surface area contributed by atoms with Gasteiger partial charge in [-0.05, 0) is 28.8 Å². The lowest BCUT2D eigenvalue weighted by Gasteiger charge is -2.17. The summed E-state index contributed by atoms with van der Waals surface area (Å²) in [6.07, 6.45) is 0. The van der Waals surface area contributed by atoms with Crippen LogP contribution in [0.2, 0.25) is 0 Å². The van der Waals surface area contributed by atoms with Crippen molar-refractivity contribution in [3.63, 3.8) is 0 Å². The molecule has 62 valence electrons. The van der Waals surface area contributed by atoms with E-state index in [1.807, 2.05) is 12.3 Å². The lowest BCUT2D eigenvalue weighted by Crippen LogP contribution is -2.11. The maximum absolute atomic E-state index is 12.9. The third-order valence-electron chi connectivity index (χ3n) is 1.79. The number of rotatable bonds is 0. The van der Waals surface area contributed by atoms with Crippen molar-refractivity contribution in [1.82, 2.24) is 0 Å². The molecule has 0 N–H and O–H groups in total. The van der Waals surface area contributed by atoms with Crippen molar-refractivity contribution < 1.29 is 4.39 Å². The van der Waals surface area contributed by atoms with Crippen molar-refractivity contribution in [2.24, 2.45) is 0 Å². The lowest BCUT2D eigenvalue weighted by molar-refractivity contribution is 0.577. The zero-order valence-electron chi connectivity index (χ0n) is 7.36. The van der Waals surface area contributed by atoms with E-state index in [1.54, 1.807) is 0 Å². The Morgan fingerprint density at radius 3 is 2.09 bits per heavy atom. The summed E-state index contributed by atoms with van der Waals surface area (Å²) < 4.78 is 12.9. The molecule has 0 fully saturated rings. The summed E-state index contributed by atoms with van der Waals surface area (Å²) >= 11 is 1.19. The minimum Gasteiger partial charge on any atom is -0.195 e. The molecule has 0 bridgehead atoms. The van der Waals surface area contributed by atoms with Crippen molar-refractivity contribution in [3.05, 3.63) is 21.6 Å². The van der Waals surface area contributed by atoms with E-state index >= 15 is 0 Å². The highest BCUT2D eigenvalue weighted by Crippen LogP contribution is 2.30. The molecule has 1 aromatic rings. The van der Waals surface area contributed by atoms with Gasteiger partial charge < -0.3 is 0 Å². The minimum atomic E-state index is -0.0464. The minimum absolute atomic E-state index is 0.0464. The Morgan fingerprint density at radius 1 is 1.36 bits per heavy atom. The first-order chi connectivity index (χ1) is 4.93. The monoisotopic (exact) mass is 172 g/mol. The van der Waals surface area contributed by atoms with Gasteiger partial charge in [0.2, 0.25) is 0 Å². The second kappa shape index (κ2) is 2.59. The first kappa shape index (κ1) is 8.72. The zero-order valence-corrected chi connectivity index (χ0v) is 8.18. The maximum atomic E-state index is 12.9. The van der Waals surface area contributed by atoms with Crippen molar-refractivity contribution in [2.75, 3.05) is 0 Å². The first-order valence-corrected chi connectivity index (χ1v) is 4.55. The van der Waals surface area contributed by atoms with E-state index in [4.69, 9.17) is 0 Å². The van der Waals surface area contributed by atoms with Crippen LogP contribution in [-0.4, -0.2) is 0 Å². The fourth-order valence-electron chi connectivity index (χ4n) is 1.13. The molecule has 0 saturated carbocycles. The molecule has 0 atom stereocenters. The Hall–Kier alpha value is -0.370. The summed E-state index contributed by atoms with van der Waals surface area (Å²) in [5.41, 5.74) is 2.01. The normalized spacial score (nSPS) is 12.1. The van der Waals surface area contributed by atoms with Crippen LogP contribution < -0.4 is 0 Å². The summed E-state index contributed by atoms with van der Waals surface area (Å²) in [6, 6.07) is 0. The number of halogens is 1. The van der Waals surface area contributed by atoms with Crippen molar-refractivity contribution in [3.8, 4) is 0 Å². The molecule has 11 heavy (non-hydrogen) atoms. The van der Waals surface area contributed by atoms with Crippen molar-refractivity contribution in [2.45, 2.75) is 33.1 Å². The molecule has 0 nitrogen and oxygen atoms in total. The van der Waals surface area contributed by atoms with E-state index in [0.717, 1.165) is 11.1 Å². The van der Waals surface area contributed by atoms with Gasteiger partial charge in [-0.1, -0.05) is 20.8 Å². The van der Waals surface area contributed by atoms with E-state index in [1.165, 1.54) is 11.3 Å². The average molecular weight is 172 g/mol. The summed E-state index contributed by atoms with van der Waals surface area (Å²) in [4.78, 5) is 0.